The van der Waals surface area contributed by atoms with Crippen LogP contribution in [0.5, 0.6) is 0 Å². The van der Waals surface area contributed by atoms with Crippen LogP contribution in [-0.2, 0) is 6.54 Å². The lowest BCUT2D eigenvalue weighted by atomic mass is 10.1. The van der Waals surface area contributed by atoms with Crippen molar-refractivity contribution in [1.82, 2.24) is 9.55 Å². The molecular weight excluding hydrogens is 314 g/mol. The van der Waals surface area contributed by atoms with Crippen molar-refractivity contribution in [3.05, 3.63) is 39.6 Å². The van der Waals surface area contributed by atoms with Crippen molar-refractivity contribution in [1.29, 1.82) is 0 Å². The third kappa shape index (κ3) is 3.42. The van der Waals surface area contributed by atoms with Crippen molar-refractivity contribution in [2.45, 2.75) is 41.2 Å². The number of imidazole rings is 1. The maximum absolute atomic E-state index is 4.59. The van der Waals surface area contributed by atoms with E-state index in [0.717, 1.165) is 28.3 Å². The molecule has 1 N–H and O–H groups in total. The van der Waals surface area contributed by atoms with Crippen molar-refractivity contribution in [2.24, 2.45) is 5.92 Å². The number of anilines is 2. The fraction of sp³-hybridized carbons (Fsp3) is 0.438. The Morgan fingerprint density at radius 2 is 1.95 bits per heavy atom. The molecule has 0 aliphatic rings. The zero-order chi connectivity index (χ0) is 14.9. The van der Waals surface area contributed by atoms with Crippen LogP contribution in [0.25, 0.3) is 0 Å². The minimum absolute atomic E-state index is 0.590. The standard InChI is InChI=1S/C16H22BrN3/c1-10(2)8-20-9-13(5)18-16(20)19-15-12(4)6-11(3)7-14(15)17/h6-7,9-10H,8H2,1-5H3,(H,18,19). The lowest BCUT2D eigenvalue weighted by molar-refractivity contribution is 0.527. The molecule has 0 saturated carbocycles. The molecule has 0 spiro atoms. The zero-order valence-corrected chi connectivity index (χ0v) is 14.4. The number of nitrogens with zero attached hydrogens (tertiary/aromatic N) is 2. The monoisotopic (exact) mass is 335 g/mol. The molecule has 1 aromatic heterocycles. The van der Waals surface area contributed by atoms with E-state index in [1.807, 2.05) is 6.92 Å². The van der Waals surface area contributed by atoms with E-state index in [0.29, 0.717) is 5.92 Å². The van der Waals surface area contributed by atoms with Crippen LogP contribution < -0.4 is 5.32 Å². The molecule has 0 amide bonds. The van der Waals surface area contributed by atoms with Crippen molar-refractivity contribution in [2.75, 3.05) is 5.32 Å². The Bertz CT molecular complexity index is 591. The van der Waals surface area contributed by atoms with E-state index in [2.05, 4.69) is 76.8 Å². The Morgan fingerprint density at radius 1 is 1.25 bits per heavy atom. The number of hydrogen-bond donors (Lipinski definition) is 1. The van der Waals surface area contributed by atoms with Crippen LogP contribution in [0.1, 0.15) is 30.7 Å². The van der Waals surface area contributed by atoms with Gasteiger partial charge in [0, 0.05) is 17.2 Å². The predicted molar refractivity (Wildman–Crippen MR) is 88.7 cm³/mol. The van der Waals surface area contributed by atoms with Gasteiger partial charge in [0.1, 0.15) is 0 Å². The van der Waals surface area contributed by atoms with Crippen molar-refractivity contribution in [3.63, 3.8) is 0 Å². The van der Waals surface area contributed by atoms with Gasteiger partial charge in [0.05, 0.1) is 11.4 Å². The molecule has 0 aliphatic heterocycles. The van der Waals surface area contributed by atoms with Crippen LogP contribution in [0.4, 0.5) is 11.6 Å². The van der Waals surface area contributed by atoms with Gasteiger partial charge in [-0.2, -0.15) is 0 Å². The Morgan fingerprint density at radius 3 is 2.55 bits per heavy atom. The lowest BCUT2D eigenvalue weighted by Crippen LogP contribution is -2.08. The number of rotatable bonds is 4. The summed E-state index contributed by atoms with van der Waals surface area (Å²) in [6, 6.07) is 4.30. The minimum Gasteiger partial charge on any atom is -0.324 e. The van der Waals surface area contributed by atoms with Crippen molar-refractivity contribution in [3.8, 4) is 0 Å². The fourth-order valence-corrected chi connectivity index (χ4v) is 3.14. The molecule has 1 aromatic carbocycles. The Balaban J connectivity index is 2.35. The lowest BCUT2D eigenvalue weighted by Gasteiger charge is -2.15. The predicted octanol–water partition coefficient (Wildman–Crippen LogP) is 4.97. The van der Waals surface area contributed by atoms with Crippen LogP contribution in [-0.4, -0.2) is 9.55 Å². The Kier molecular flexibility index (Phi) is 4.53. The molecular formula is C16H22BrN3. The number of nitrogens with one attached hydrogen (secondary N) is 1. The van der Waals surface area contributed by atoms with Crippen LogP contribution in [0.15, 0.2) is 22.8 Å². The number of hydrogen-bond acceptors (Lipinski definition) is 2. The summed E-state index contributed by atoms with van der Waals surface area (Å²) >= 11 is 3.64. The first-order valence-corrected chi connectivity index (χ1v) is 7.73. The number of halogens is 1. The molecule has 0 radical (unpaired) electrons. The highest BCUT2D eigenvalue weighted by molar-refractivity contribution is 9.10. The van der Waals surface area contributed by atoms with E-state index in [-0.39, 0.29) is 0 Å². The molecule has 2 rings (SSSR count). The molecule has 0 saturated heterocycles. The molecule has 20 heavy (non-hydrogen) atoms. The molecule has 0 unspecified atom stereocenters. The summed E-state index contributed by atoms with van der Waals surface area (Å²) in [5.41, 5.74) is 4.59. The largest absolute Gasteiger partial charge is 0.324 e. The quantitative estimate of drug-likeness (QED) is 0.854. The minimum atomic E-state index is 0.590. The van der Waals surface area contributed by atoms with Crippen LogP contribution in [0.2, 0.25) is 0 Å². The van der Waals surface area contributed by atoms with Crippen LogP contribution >= 0.6 is 15.9 Å². The van der Waals surface area contributed by atoms with E-state index in [1.165, 1.54) is 11.1 Å². The van der Waals surface area contributed by atoms with E-state index in [4.69, 9.17) is 0 Å². The maximum atomic E-state index is 4.59. The molecule has 0 atom stereocenters. The van der Waals surface area contributed by atoms with Gasteiger partial charge in [-0.1, -0.05) is 19.9 Å². The van der Waals surface area contributed by atoms with Gasteiger partial charge in [-0.15, -0.1) is 0 Å². The van der Waals surface area contributed by atoms with Gasteiger partial charge in [-0.3, -0.25) is 0 Å². The fourth-order valence-electron chi connectivity index (χ4n) is 2.36. The third-order valence-corrected chi connectivity index (χ3v) is 3.75. The zero-order valence-electron chi connectivity index (χ0n) is 12.8. The van der Waals surface area contributed by atoms with E-state index >= 15 is 0 Å². The molecule has 0 aliphatic carbocycles. The summed E-state index contributed by atoms with van der Waals surface area (Å²) in [7, 11) is 0. The highest BCUT2D eigenvalue weighted by Crippen LogP contribution is 2.30. The van der Waals surface area contributed by atoms with Gasteiger partial charge in [0.2, 0.25) is 5.95 Å². The van der Waals surface area contributed by atoms with Crippen molar-refractivity contribution < 1.29 is 0 Å². The molecule has 3 nitrogen and oxygen atoms in total. The average Bonchev–Trinajstić information content (AvgIpc) is 2.63. The number of aryl methyl sites for hydroxylation is 3. The van der Waals surface area contributed by atoms with Gasteiger partial charge in [-0.25, -0.2) is 4.98 Å². The van der Waals surface area contributed by atoms with Crippen LogP contribution in [0, 0.1) is 26.7 Å². The average molecular weight is 336 g/mol. The molecule has 1 heterocycles. The van der Waals surface area contributed by atoms with E-state index in [1.54, 1.807) is 0 Å². The van der Waals surface area contributed by atoms with Crippen molar-refractivity contribution >= 4 is 27.6 Å². The van der Waals surface area contributed by atoms with Crippen LogP contribution in [0.3, 0.4) is 0 Å². The van der Waals surface area contributed by atoms with Gasteiger partial charge >= 0.3 is 0 Å². The summed E-state index contributed by atoms with van der Waals surface area (Å²) in [5, 5.41) is 3.47. The Labute approximate surface area is 129 Å². The molecule has 4 heteroatoms. The SMILES string of the molecule is Cc1cc(C)c(Nc2nc(C)cn2CC(C)C)c(Br)c1. The second kappa shape index (κ2) is 6.00. The number of aromatic nitrogens is 2. The summed E-state index contributed by atoms with van der Waals surface area (Å²) in [6.45, 7) is 11.6. The summed E-state index contributed by atoms with van der Waals surface area (Å²) < 4.78 is 3.26. The first-order valence-electron chi connectivity index (χ1n) is 6.94. The third-order valence-electron chi connectivity index (χ3n) is 3.13. The van der Waals surface area contributed by atoms with E-state index in [9.17, 15) is 0 Å². The molecule has 2 aromatic rings. The van der Waals surface area contributed by atoms with Gasteiger partial charge in [-0.05, 0) is 59.8 Å². The molecule has 0 fully saturated rings. The summed E-state index contributed by atoms with van der Waals surface area (Å²) in [6.07, 6.45) is 2.10. The topological polar surface area (TPSA) is 29.9 Å². The first kappa shape index (κ1) is 15.1. The summed E-state index contributed by atoms with van der Waals surface area (Å²) in [5.74, 6) is 1.50. The van der Waals surface area contributed by atoms with Gasteiger partial charge < -0.3 is 9.88 Å². The van der Waals surface area contributed by atoms with Gasteiger partial charge in [0.15, 0.2) is 0 Å². The smallest absolute Gasteiger partial charge is 0.207 e. The Hall–Kier alpha value is -1.29. The second-order valence-electron chi connectivity index (χ2n) is 5.82. The van der Waals surface area contributed by atoms with Gasteiger partial charge in [0.25, 0.3) is 0 Å². The second-order valence-corrected chi connectivity index (χ2v) is 6.67. The summed E-state index contributed by atoms with van der Waals surface area (Å²) in [4.78, 5) is 4.59. The molecule has 108 valence electrons. The van der Waals surface area contributed by atoms with E-state index < -0.39 is 0 Å². The highest BCUT2D eigenvalue weighted by Gasteiger charge is 2.11. The highest BCUT2D eigenvalue weighted by atomic mass is 79.9. The number of benzene rings is 1. The first-order chi connectivity index (χ1) is 9.36. The normalized spacial score (nSPS) is 11.2. The maximum Gasteiger partial charge on any atom is 0.207 e. The molecule has 0 bridgehead atoms.